The molecule has 1 atom stereocenters. The number of benzene rings is 1. The second-order valence-corrected chi connectivity index (χ2v) is 5.47. The van der Waals surface area contributed by atoms with Gasteiger partial charge in [0.1, 0.15) is 0 Å². The standard InChI is InChI=1S/C13H19BrN2O2/c1-9(2)16(8-13(15)18)7-12(17)10-3-5-11(14)6-4-10/h3-6,9,12,17H,7-8H2,1-2H3,(H2,15,18). The Kier molecular flexibility index (Phi) is 5.78. The number of rotatable bonds is 6. The van der Waals surface area contributed by atoms with E-state index in [1.165, 1.54) is 0 Å². The molecule has 0 saturated heterocycles. The highest BCUT2D eigenvalue weighted by Gasteiger charge is 2.17. The van der Waals surface area contributed by atoms with Crippen molar-refractivity contribution >= 4 is 21.8 Å². The first-order valence-corrected chi connectivity index (χ1v) is 6.65. The lowest BCUT2D eigenvalue weighted by Crippen LogP contribution is -2.40. The number of nitrogens with zero attached hydrogens (tertiary/aromatic N) is 1. The molecule has 100 valence electrons. The molecule has 0 aliphatic heterocycles. The summed E-state index contributed by atoms with van der Waals surface area (Å²) in [5.41, 5.74) is 6.02. The second-order valence-electron chi connectivity index (χ2n) is 4.56. The molecule has 0 aromatic heterocycles. The number of amides is 1. The number of aliphatic hydroxyl groups is 1. The first kappa shape index (κ1) is 15.1. The molecule has 0 saturated carbocycles. The first-order valence-electron chi connectivity index (χ1n) is 5.86. The van der Waals surface area contributed by atoms with Crippen molar-refractivity contribution in [3.05, 3.63) is 34.3 Å². The molecule has 5 heteroatoms. The van der Waals surface area contributed by atoms with Crippen molar-refractivity contribution < 1.29 is 9.90 Å². The summed E-state index contributed by atoms with van der Waals surface area (Å²) in [7, 11) is 0. The topological polar surface area (TPSA) is 66.6 Å². The Bertz CT molecular complexity index is 392. The van der Waals surface area contributed by atoms with E-state index in [2.05, 4.69) is 15.9 Å². The quantitative estimate of drug-likeness (QED) is 0.839. The lowest BCUT2D eigenvalue weighted by molar-refractivity contribution is -0.119. The molecule has 1 rings (SSSR count). The van der Waals surface area contributed by atoms with Crippen molar-refractivity contribution in [2.45, 2.75) is 26.0 Å². The molecule has 1 aromatic rings. The van der Waals surface area contributed by atoms with Gasteiger partial charge in [0.2, 0.25) is 5.91 Å². The first-order chi connectivity index (χ1) is 8.40. The van der Waals surface area contributed by atoms with E-state index in [0.29, 0.717) is 6.54 Å². The number of carbonyl (C=O) groups is 1. The van der Waals surface area contributed by atoms with Crippen LogP contribution in [0.4, 0.5) is 0 Å². The van der Waals surface area contributed by atoms with Crippen LogP contribution in [-0.2, 0) is 4.79 Å². The minimum absolute atomic E-state index is 0.155. The van der Waals surface area contributed by atoms with Crippen molar-refractivity contribution in [2.75, 3.05) is 13.1 Å². The molecule has 0 spiro atoms. The van der Waals surface area contributed by atoms with E-state index >= 15 is 0 Å². The van der Waals surface area contributed by atoms with E-state index in [1.807, 2.05) is 43.0 Å². The Morgan fingerprint density at radius 2 is 1.94 bits per heavy atom. The molecule has 4 nitrogen and oxygen atoms in total. The van der Waals surface area contributed by atoms with Crippen LogP contribution in [0.5, 0.6) is 0 Å². The van der Waals surface area contributed by atoms with E-state index in [9.17, 15) is 9.90 Å². The maximum Gasteiger partial charge on any atom is 0.231 e. The van der Waals surface area contributed by atoms with Crippen molar-refractivity contribution in [3.8, 4) is 0 Å². The highest BCUT2D eigenvalue weighted by atomic mass is 79.9. The van der Waals surface area contributed by atoms with Crippen molar-refractivity contribution in [3.63, 3.8) is 0 Å². The lowest BCUT2D eigenvalue weighted by Gasteiger charge is -2.27. The molecule has 0 bridgehead atoms. The van der Waals surface area contributed by atoms with E-state index in [0.717, 1.165) is 10.0 Å². The molecule has 3 N–H and O–H groups in total. The van der Waals surface area contributed by atoms with E-state index in [-0.39, 0.29) is 18.5 Å². The minimum Gasteiger partial charge on any atom is -0.387 e. The summed E-state index contributed by atoms with van der Waals surface area (Å²) >= 11 is 3.35. The Hall–Kier alpha value is -0.910. The highest BCUT2D eigenvalue weighted by molar-refractivity contribution is 9.10. The van der Waals surface area contributed by atoms with Gasteiger partial charge in [-0.2, -0.15) is 0 Å². The van der Waals surface area contributed by atoms with Crippen LogP contribution in [0.25, 0.3) is 0 Å². The van der Waals surface area contributed by atoms with Gasteiger partial charge in [-0.05, 0) is 31.5 Å². The second kappa shape index (κ2) is 6.87. The highest BCUT2D eigenvalue weighted by Crippen LogP contribution is 2.18. The zero-order valence-corrected chi connectivity index (χ0v) is 12.2. The van der Waals surface area contributed by atoms with Crippen LogP contribution in [0.15, 0.2) is 28.7 Å². The molecule has 1 aromatic carbocycles. The van der Waals surface area contributed by atoms with Gasteiger partial charge in [-0.15, -0.1) is 0 Å². The average Bonchev–Trinajstić information content (AvgIpc) is 2.28. The minimum atomic E-state index is -0.625. The van der Waals surface area contributed by atoms with Crippen molar-refractivity contribution in [2.24, 2.45) is 5.73 Å². The van der Waals surface area contributed by atoms with Gasteiger partial charge in [0.05, 0.1) is 12.6 Å². The summed E-state index contributed by atoms with van der Waals surface area (Å²) in [6.07, 6.45) is -0.625. The van der Waals surface area contributed by atoms with Gasteiger partial charge >= 0.3 is 0 Å². The van der Waals surface area contributed by atoms with Crippen LogP contribution in [-0.4, -0.2) is 35.0 Å². The Balaban J connectivity index is 2.68. The number of halogens is 1. The smallest absolute Gasteiger partial charge is 0.231 e. The maximum absolute atomic E-state index is 11.0. The van der Waals surface area contributed by atoms with E-state index in [1.54, 1.807) is 0 Å². The lowest BCUT2D eigenvalue weighted by atomic mass is 10.1. The molecule has 0 heterocycles. The van der Waals surface area contributed by atoms with Crippen LogP contribution in [0.1, 0.15) is 25.5 Å². The van der Waals surface area contributed by atoms with Gasteiger partial charge in [-0.1, -0.05) is 28.1 Å². The third kappa shape index (κ3) is 4.76. The summed E-state index contributed by atoms with van der Waals surface area (Å²) in [5.74, 6) is -0.383. The predicted octanol–water partition coefficient (Wildman–Crippen LogP) is 1.68. The predicted molar refractivity (Wildman–Crippen MR) is 75.0 cm³/mol. The zero-order valence-electron chi connectivity index (χ0n) is 10.6. The van der Waals surface area contributed by atoms with Gasteiger partial charge in [-0.3, -0.25) is 9.69 Å². The fraction of sp³-hybridized carbons (Fsp3) is 0.462. The molecule has 0 fully saturated rings. The van der Waals surface area contributed by atoms with Crippen LogP contribution in [0.3, 0.4) is 0 Å². The number of primary amides is 1. The fourth-order valence-electron chi connectivity index (χ4n) is 1.67. The molecular formula is C13H19BrN2O2. The van der Waals surface area contributed by atoms with Gasteiger partial charge in [-0.25, -0.2) is 0 Å². The normalized spacial score (nSPS) is 13.0. The van der Waals surface area contributed by atoms with Gasteiger partial charge in [0.15, 0.2) is 0 Å². The van der Waals surface area contributed by atoms with E-state index in [4.69, 9.17) is 5.73 Å². The molecule has 18 heavy (non-hydrogen) atoms. The molecule has 1 unspecified atom stereocenters. The summed E-state index contributed by atoms with van der Waals surface area (Å²) in [6, 6.07) is 7.64. The molecule has 0 aliphatic rings. The molecule has 0 aliphatic carbocycles. The Labute approximate surface area is 116 Å². The zero-order chi connectivity index (χ0) is 13.7. The summed E-state index contributed by atoms with van der Waals surface area (Å²) in [6.45, 7) is 4.49. The number of carbonyl (C=O) groups excluding carboxylic acids is 1. The number of aliphatic hydroxyl groups excluding tert-OH is 1. The fourth-order valence-corrected chi connectivity index (χ4v) is 1.93. The third-order valence-corrected chi connectivity index (χ3v) is 3.28. The molecule has 0 radical (unpaired) electrons. The van der Waals surface area contributed by atoms with Crippen molar-refractivity contribution in [1.29, 1.82) is 0 Å². The number of hydrogen-bond donors (Lipinski definition) is 2. The molecule has 1 amide bonds. The maximum atomic E-state index is 11.0. The SMILES string of the molecule is CC(C)N(CC(N)=O)CC(O)c1ccc(Br)cc1. The largest absolute Gasteiger partial charge is 0.387 e. The molecular weight excluding hydrogens is 296 g/mol. The third-order valence-electron chi connectivity index (χ3n) is 2.75. The average molecular weight is 315 g/mol. The van der Waals surface area contributed by atoms with Gasteiger partial charge in [0.25, 0.3) is 0 Å². The summed E-state index contributed by atoms with van der Waals surface area (Å²) < 4.78 is 0.969. The van der Waals surface area contributed by atoms with Gasteiger partial charge < -0.3 is 10.8 Å². The van der Waals surface area contributed by atoms with Crippen LogP contribution in [0, 0.1) is 0 Å². The van der Waals surface area contributed by atoms with Crippen LogP contribution < -0.4 is 5.73 Å². The van der Waals surface area contributed by atoms with E-state index < -0.39 is 6.10 Å². The number of nitrogens with two attached hydrogens (primary N) is 1. The van der Waals surface area contributed by atoms with Gasteiger partial charge in [0, 0.05) is 17.1 Å². The van der Waals surface area contributed by atoms with Crippen LogP contribution >= 0.6 is 15.9 Å². The van der Waals surface area contributed by atoms with Crippen molar-refractivity contribution in [1.82, 2.24) is 4.90 Å². The monoisotopic (exact) mass is 314 g/mol. The Morgan fingerprint density at radius 3 is 2.39 bits per heavy atom. The Morgan fingerprint density at radius 1 is 1.39 bits per heavy atom. The number of hydrogen-bond acceptors (Lipinski definition) is 3. The summed E-state index contributed by atoms with van der Waals surface area (Å²) in [5, 5.41) is 10.1. The summed E-state index contributed by atoms with van der Waals surface area (Å²) in [4.78, 5) is 12.8. The van der Waals surface area contributed by atoms with Crippen LogP contribution in [0.2, 0.25) is 0 Å².